The van der Waals surface area contributed by atoms with E-state index in [1.54, 1.807) is 0 Å². The number of hydrogen-bond donors (Lipinski definition) is 1. The Hall–Kier alpha value is -0.520. The second-order valence-corrected chi connectivity index (χ2v) is 1.73. The second kappa shape index (κ2) is 4.63. The van der Waals surface area contributed by atoms with Crippen molar-refractivity contribution in [2.24, 2.45) is 5.73 Å². The van der Waals surface area contributed by atoms with Gasteiger partial charge in [-0.2, -0.15) is 0 Å². The first-order chi connectivity index (χ1) is 3.81. The van der Waals surface area contributed by atoms with Crippen LogP contribution in [0.2, 0.25) is 0 Å². The van der Waals surface area contributed by atoms with Gasteiger partial charge >= 0.3 is 0 Å². The number of rotatable bonds is 3. The third-order valence-corrected chi connectivity index (χ3v) is 0.872. The lowest BCUT2D eigenvalue weighted by atomic mass is 10.5. The third kappa shape index (κ3) is 3.66. The third-order valence-electron chi connectivity index (χ3n) is 0.872. The van der Waals surface area contributed by atoms with Gasteiger partial charge in [-0.1, -0.05) is 5.92 Å². The Morgan fingerprint density at radius 2 is 2.38 bits per heavy atom. The fraction of sp³-hybridized carbons (Fsp3) is 0.667. The summed E-state index contributed by atoms with van der Waals surface area (Å²) in [4.78, 5) is 2.00. The van der Waals surface area contributed by atoms with Gasteiger partial charge in [0.25, 0.3) is 0 Å². The van der Waals surface area contributed by atoms with Crippen molar-refractivity contribution in [3.63, 3.8) is 0 Å². The van der Waals surface area contributed by atoms with E-state index in [0.717, 1.165) is 6.54 Å². The van der Waals surface area contributed by atoms with Gasteiger partial charge in [-0.3, -0.25) is 4.90 Å². The Balaban J connectivity index is 3.08. The van der Waals surface area contributed by atoms with Crippen LogP contribution in [-0.2, 0) is 0 Å². The van der Waals surface area contributed by atoms with Crippen molar-refractivity contribution in [2.75, 3.05) is 26.7 Å². The van der Waals surface area contributed by atoms with Gasteiger partial charge in [-0.25, -0.2) is 0 Å². The van der Waals surface area contributed by atoms with Crippen LogP contribution in [0.3, 0.4) is 0 Å². The first kappa shape index (κ1) is 7.48. The number of nitrogens with two attached hydrogens (primary N) is 1. The smallest absolute Gasteiger partial charge is 0.0596 e. The van der Waals surface area contributed by atoms with Crippen LogP contribution in [-0.4, -0.2) is 31.6 Å². The molecule has 2 nitrogen and oxygen atoms in total. The van der Waals surface area contributed by atoms with Crippen LogP contribution < -0.4 is 5.73 Å². The molecular formula is C6H12N2. The minimum atomic E-state index is 0.679. The largest absolute Gasteiger partial charge is 0.329 e. The topological polar surface area (TPSA) is 29.3 Å². The van der Waals surface area contributed by atoms with Crippen LogP contribution in [0.5, 0.6) is 0 Å². The van der Waals surface area contributed by atoms with Crippen molar-refractivity contribution in [1.29, 1.82) is 0 Å². The van der Waals surface area contributed by atoms with Gasteiger partial charge < -0.3 is 5.73 Å². The Kier molecular flexibility index (Phi) is 4.33. The van der Waals surface area contributed by atoms with E-state index in [1.165, 1.54) is 0 Å². The molecule has 8 heavy (non-hydrogen) atoms. The summed E-state index contributed by atoms with van der Waals surface area (Å²) in [6.07, 6.45) is 5.03. The standard InChI is InChI=1S/C6H12N2/c1-3-5-8(2)6-4-7/h1H,4-7H2,2H3. The van der Waals surface area contributed by atoms with E-state index in [9.17, 15) is 0 Å². The van der Waals surface area contributed by atoms with Crippen molar-refractivity contribution in [3.8, 4) is 12.3 Å². The predicted molar refractivity (Wildman–Crippen MR) is 35.4 cm³/mol. The van der Waals surface area contributed by atoms with Gasteiger partial charge in [0.05, 0.1) is 6.54 Å². The van der Waals surface area contributed by atoms with Crippen LogP contribution in [0.25, 0.3) is 0 Å². The molecule has 0 aliphatic carbocycles. The molecule has 0 bridgehead atoms. The lowest BCUT2D eigenvalue weighted by Crippen LogP contribution is -2.25. The minimum absolute atomic E-state index is 0.679. The molecule has 0 aromatic carbocycles. The van der Waals surface area contributed by atoms with Gasteiger partial charge in [0.2, 0.25) is 0 Å². The zero-order chi connectivity index (χ0) is 6.41. The normalized spacial score (nSPS) is 9.25. The van der Waals surface area contributed by atoms with Crippen LogP contribution in [0.1, 0.15) is 0 Å². The molecule has 0 heterocycles. The number of nitrogens with zero attached hydrogens (tertiary/aromatic N) is 1. The summed E-state index contributed by atoms with van der Waals surface area (Å²) in [5, 5.41) is 0. The highest BCUT2D eigenvalue weighted by Crippen LogP contribution is 1.74. The molecule has 0 saturated carbocycles. The van der Waals surface area contributed by atoms with E-state index in [-0.39, 0.29) is 0 Å². The molecule has 0 unspecified atom stereocenters. The van der Waals surface area contributed by atoms with E-state index >= 15 is 0 Å². The molecule has 0 radical (unpaired) electrons. The predicted octanol–water partition coefficient (Wildman–Crippen LogP) is -0.490. The highest BCUT2D eigenvalue weighted by Gasteiger charge is 1.88. The molecule has 0 spiro atoms. The van der Waals surface area contributed by atoms with Crippen LogP contribution >= 0.6 is 0 Å². The van der Waals surface area contributed by atoms with Crippen molar-refractivity contribution in [3.05, 3.63) is 0 Å². The van der Waals surface area contributed by atoms with Gasteiger partial charge in [0.15, 0.2) is 0 Å². The summed E-state index contributed by atoms with van der Waals surface area (Å²) < 4.78 is 0. The average molecular weight is 112 g/mol. The number of likely N-dealkylation sites (N-methyl/N-ethyl adjacent to an activating group) is 1. The first-order valence-corrected chi connectivity index (χ1v) is 2.63. The fourth-order valence-corrected chi connectivity index (χ4v) is 0.455. The summed E-state index contributed by atoms with van der Waals surface area (Å²) in [5.41, 5.74) is 5.25. The summed E-state index contributed by atoms with van der Waals surface area (Å²) in [5.74, 6) is 2.52. The lowest BCUT2D eigenvalue weighted by molar-refractivity contribution is 0.387. The van der Waals surface area contributed by atoms with Gasteiger partial charge in [-0.05, 0) is 7.05 Å². The fourth-order valence-electron chi connectivity index (χ4n) is 0.455. The van der Waals surface area contributed by atoms with E-state index in [4.69, 9.17) is 12.2 Å². The second-order valence-electron chi connectivity index (χ2n) is 1.73. The van der Waals surface area contributed by atoms with Crippen molar-refractivity contribution >= 4 is 0 Å². The molecule has 0 aromatic rings. The molecule has 2 N–H and O–H groups in total. The van der Waals surface area contributed by atoms with Gasteiger partial charge in [-0.15, -0.1) is 6.42 Å². The maximum absolute atomic E-state index is 5.25. The molecule has 2 heteroatoms. The van der Waals surface area contributed by atoms with E-state index in [1.807, 2.05) is 11.9 Å². The molecule has 0 fully saturated rings. The monoisotopic (exact) mass is 112 g/mol. The van der Waals surface area contributed by atoms with E-state index < -0.39 is 0 Å². The molecule has 0 saturated heterocycles. The number of hydrogen-bond acceptors (Lipinski definition) is 2. The zero-order valence-electron chi connectivity index (χ0n) is 5.22. The van der Waals surface area contributed by atoms with Crippen molar-refractivity contribution in [2.45, 2.75) is 0 Å². The van der Waals surface area contributed by atoms with Crippen molar-refractivity contribution < 1.29 is 0 Å². The average Bonchev–Trinajstić information content (AvgIpc) is 1.68. The van der Waals surface area contributed by atoms with E-state index in [2.05, 4.69) is 5.92 Å². The highest BCUT2D eigenvalue weighted by molar-refractivity contribution is 4.86. The Morgan fingerprint density at radius 1 is 1.75 bits per heavy atom. The quantitative estimate of drug-likeness (QED) is 0.499. The Morgan fingerprint density at radius 3 is 2.75 bits per heavy atom. The summed E-state index contributed by atoms with van der Waals surface area (Å²) >= 11 is 0. The molecular weight excluding hydrogens is 100 g/mol. The molecule has 46 valence electrons. The molecule has 0 rings (SSSR count). The molecule has 0 aromatic heterocycles. The molecule has 0 atom stereocenters. The maximum atomic E-state index is 5.25. The first-order valence-electron chi connectivity index (χ1n) is 2.63. The van der Waals surface area contributed by atoms with E-state index in [0.29, 0.717) is 13.1 Å². The van der Waals surface area contributed by atoms with Gasteiger partial charge in [0, 0.05) is 13.1 Å². The SMILES string of the molecule is C#CCN(C)CCN. The zero-order valence-corrected chi connectivity index (χ0v) is 5.22. The van der Waals surface area contributed by atoms with Crippen molar-refractivity contribution in [1.82, 2.24) is 4.90 Å². The Labute approximate surface area is 50.7 Å². The van der Waals surface area contributed by atoms with Crippen LogP contribution in [0, 0.1) is 12.3 Å². The van der Waals surface area contributed by atoms with Crippen LogP contribution in [0.15, 0.2) is 0 Å². The maximum Gasteiger partial charge on any atom is 0.0596 e. The molecule has 0 aliphatic rings. The van der Waals surface area contributed by atoms with Gasteiger partial charge in [0.1, 0.15) is 0 Å². The number of terminal acetylenes is 1. The summed E-state index contributed by atoms with van der Waals surface area (Å²) in [6.45, 7) is 2.25. The summed E-state index contributed by atoms with van der Waals surface area (Å²) in [6, 6.07) is 0. The van der Waals surface area contributed by atoms with Crippen LogP contribution in [0.4, 0.5) is 0 Å². The summed E-state index contributed by atoms with van der Waals surface area (Å²) in [7, 11) is 1.95. The highest BCUT2D eigenvalue weighted by atomic mass is 15.1. The molecule has 0 amide bonds. The lowest BCUT2D eigenvalue weighted by Gasteiger charge is -2.09. The Bertz CT molecular complexity index is 83.0. The minimum Gasteiger partial charge on any atom is -0.329 e. The molecule has 0 aliphatic heterocycles.